The minimum Gasteiger partial charge on any atom is -0.357 e. The number of likely N-dealkylation sites (N-methyl/N-ethyl adjacent to an activating group) is 1. The molecule has 0 radical (unpaired) electrons. The van der Waals surface area contributed by atoms with Crippen molar-refractivity contribution >= 4 is 28.5 Å². The monoisotopic (exact) mass is 433 g/mol. The molecule has 0 spiro atoms. The summed E-state index contributed by atoms with van der Waals surface area (Å²) in [6.07, 6.45) is 6.59. The first-order chi connectivity index (χ1) is 15.4. The predicted molar refractivity (Wildman–Crippen MR) is 115 cm³/mol. The standard InChI is InChI=1S/C22H23N7O3/c1-11(30)21-15-6-16(14-7-24-12(2)25-8-14)26-9-19(15)28(27-21)10-20(31)29-17-4-13(17)5-18(29)22(32)23-3/h6-9,13,17-18H,4-5,10H2,1-3H3,(H,23,32). The van der Waals surface area contributed by atoms with Crippen LogP contribution in [0.4, 0.5) is 0 Å². The van der Waals surface area contributed by atoms with Gasteiger partial charge in [-0.1, -0.05) is 0 Å². The van der Waals surface area contributed by atoms with Gasteiger partial charge in [-0.3, -0.25) is 24.0 Å². The first kappa shape index (κ1) is 20.2. The number of piperidine rings is 1. The smallest absolute Gasteiger partial charge is 0.245 e. The number of hydrogen-bond acceptors (Lipinski definition) is 7. The number of likely N-dealkylation sites (tertiary alicyclic amines) is 1. The first-order valence-corrected chi connectivity index (χ1v) is 10.6. The van der Waals surface area contributed by atoms with E-state index in [0.29, 0.717) is 34.8 Å². The summed E-state index contributed by atoms with van der Waals surface area (Å²) in [4.78, 5) is 52.3. The highest BCUT2D eigenvalue weighted by atomic mass is 16.2. The van der Waals surface area contributed by atoms with E-state index in [4.69, 9.17) is 0 Å². The Morgan fingerprint density at radius 3 is 2.56 bits per heavy atom. The molecule has 1 aliphatic carbocycles. The predicted octanol–water partition coefficient (Wildman–Crippen LogP) is 1.13. The number of fused-ring (bicyclic) bond motifs is 2. The highest BCUT2D eigenvalue weighted by Gasteiger charge is 2.55. The third-order valence-corrected chi connectivity index (χ3v) is 6.27. The van der Waals surface area contributed by atoms with E-state index in [1.807, 2.05) is 0 Å². The molecule has 10 nitrogen and oxygen atoms in total. The summed E-state index contributed by atoms with van der Waals surface area (Å²) in [5.74, 6) is 0.515. The van der Waals surface area contributed by atoms with E-state index in [-0.39, 0.29) is 35.9 Å². The number of rotatable bonds is 5. The number of Topliss-reactive ketones (excluding diaryl/α,β-unsaturated/α-hetero) is 1. The molecule has 32 heavy (non-hydrogen) atoms. The second kappa shape index (κ2) is 7.47. The van der Waals surface area contributed by atoms with Crippen LogP contribution < -0.4 is 5.32 Å². The maximum Gasteiger partial charge on any atom is 0.245 e. The summed E-state index contributed by atoms with van der Waals surface area (Å²) in [5.41, 5.74) is 2.20. The van der Waals surface area contributed by atoms with Gasteiger partial charge in [0.25, 0.3) is 0 Å². The summed E-state index contributed by atoms with van der Waals surface area (Å²) in [6.45, 7) is 3.18. The fourth-order valence-electron chi connectivity index (χ4n) is 4.56. The van der Waals surface area contributed by atoms with Gasteiger partial charge in [0.15, 0.2) is 5.78 Å². The molecule has 5 rings (SSSR count). The minimum absolute atomic E-state index is 0.0604. The van der Waals surface area contributed by atoms with Crippen LogP contribution in [0.2, 0.25) is 0 Å². The molecule has 1 saturated carbocycles. The third-order valence-electron chi connectivity index (χ3n) is 6.27. The number of nitrogens with one attached hydrogen (secondary N) is 1. The average Bonchev–Trinajstić information content (AvgIpc) is 3.29. The molecule has 4 heterocycles. The van der Waals surface area contributed by atoms with Crippen LogP contribution in [0.1, 0.15) is 36.1 Å². The minimum atomic E-state index is -0.448. The number of hydrogen-bond donors (Lipinski definition) is 1. The van der Waals surface area contributed by atoms with Crippen molar-refractivity contribution in [1.29, 1.82) is 0 Å². The maximum atomic E-state index is 13.2. The molecule has 2 amide bonds. The maximum absolute atomic E-state index is 13.2. The molecule has 2 fully saturated rings. The number of carbonyl (C=O) groups excluding carboxylic acids is 3. The van der Waals surface area contributed by atoms with Crippen molar-refractivity contribution in [3.8, 4) is 11.3 Å². The third kappa shape index (κ3) is 3.31. The average molecular weight is 433 g/mol. The van der Waals surface area contributed by atoms with Gasteiger partial charge in [-0.25, -0.2) is 9.97 Å². The molecular formula is C22H23N7O3. The van der Waals surface area contributed by atoms with Crippen LogP contribution in [-0.2, 0) is 16.1 Å². The fourth-order valence-corrected chi connectivity index (χ4v) is 4.56. The summed E-state index contributed by atoms with van der Waals surface area (Å²) in [5, 5.41) is 7.69. The van der Waals surface area contributed by atoms with E-state index < -0.39 is 6.04 Å². The zero-order chi connectivity index (χ0) is 22.6. The van der Waals surface area contributed by atoms with Crippen molar-refractivity contribution in [2.45, 2.75) is 45.3 Å². The molecule has 3 aromatic rings. The summed E-state index contributed by atoms with van der Waals surface area (Å²) in [6, 6.07) is 1.44. The van der Waals surface area contributed by atoms with Crippen molar-refractivity contribution in [2.75, 3.05) is 7.05 Å². The second-order valence-electron chi connectivity index (χ2n) is 8.40. The van der Waals surface area contributed by atoms with Crippen LogP contribution in [0.3, 0.4) is 0 Å². The zero-order valence-corrected chi connectivity index (χ0v) is 18.1. The van der Waals surface area contributed by atoms with Crippen molar-refractivity contribution in [1.82, 2.24) is 34.9 Å². The largest absolute Gasteiger partial charge is 0.357 e. The van der Waals surface area contributed by atoms with Crippen LogP contribution >= 0.6 is 0 Å². The van der Waals surface area contributed by atoms with Gasteiger partial charge in [0.1, 0.15) is 24.1 Å². The van der Waals surface area contributed by atoms with Crippen LogP contribution in [0, 0.1) is 12.8 Å². The molecule has 0 bridgehead atoms. The SMILES string of the molecule is CNC(=O)C1CC2CC2N1C(=O)Cn1nc(C(C)=O)c2cc(-c3cnc(C)nc3)ncc21. The molecule has 164 valence electrons. The number of ketones is 1. The Morgan fingerprint density at radius 2 is 1.88 bits per heavy atom. The number of carbonyl (C=O) groups is 3. The fraction of sp³-hybridized carbons (Fsp3) is 0.409. The van der Waals surface area contributed by atoms with Crippen molar-refractivity contribution in [3.05, 3.63) is 36.2 Å². The highest BCUT2D eigenvalue weighted by molar-refractivity contribution is 6.05. The Bertz CT molecular complexity index is 1250. The Balaban J connectivity index is 1.49. The topological polar surface area (TPSA) is 123 Å². The van der Waals surface area contributed by atoms with E-state index in [0.717, 1.165) is 12.0 Å². The van der Waals surface area contributed by atoms with Gasteiger partial charge in [-0.15, -0.1) is 0 Å². The van der Waals surface area contributed by atoms with Crippen molar-refractivity contribution in [3.63, 3.8) is 0 Å². The van der Waals surface area contributed by atoms with Gasteiger partial charge in [0.2, 0.25) is 11.8 Å². The molecule has 3 atom stereocenters. The molecule has 1 saturated heterocycles. The lowest BCUT2D eigenvalue weighted by Crippen LogP contribution is -2.48. The summed E-state index contributed by atoms with van der Waals surface area (Å²) < 4.78 is 1.51. The lowest BCUT2D eigenvalue weighted by molar-refractivity contribution is -0.140. The summed E-state index contributed by atoms with van der Waals surface area (Å²) in [7, 11) is 1.58. The second-order valence-corrected chi connectivity index (χ2v) is 8.40. The molecule has 3 unspecified atom stereocenters. The number of aryl methyl sites for hydroxylation is 1. The van der Waals surface area contributed by atoms with Gasteiger partial charge in [0.05, 0.1) is 17.4 Å². The Kier molecular flexibility index (Phi) is 4.72. The quantitative estimate of drug-likeness (QED) is 0.599. The molecule has 1 N–H and O–H groups in total. The van der Waals surface area contributed by atoms with Gasteiger partial charge in [0, 0.05) is 43.4 Å². The number of pyridine rings is 1. The van der Waals surface area contributed by atoms with Crippen LogP contribution in [0.15, 0.2) is 24.7 Å². The van der Waals surface area contributed by atoms with Gasteiger partial charge >= 0.3 is 0 Å². The van der Waals surface area contributed by atoms with Crippen molar-refractivity contribution < 1.29 is 14.4 Å². The van der Waals surface area contributed by atoms with E-state index in [1.54, 1.807) is 43.5 Å². The van der Waals surface area contributed by atoms with Gasteiger partial charge in [-0.2, -0.15) is 5.10 Å². The summed E-state index contributed by atoms with van der Waals surface area (Å²) >= 11 is 0. The van der Waals surface area contributed by atoms with Crippen molar-refractivity contribution in [2.24, 2.45) is 5.92 Å². The van der Waals surface area contributed by atoms with Gasteiger partial charge < -0.3 is 10.2 Å². The molecular weight excluding hydrogens is 410 g/mol. The molecule has 10 heteroatoms. The number of amides is 2. The normalized spacial score (nSPS) is 21.5. The van der Waals surface area contributed by atoms with E-state index in [1.165, 1.54) is 11.6 Å². The van der Waals surface area contributed by atoms with E-state index >= 15 is 0 Å². The zero-order valence-electron chi connectivity index (χ0n) is 18.1. The Labute approximate surface area is 184 Å². The number of aromatic nitrogens is 5. The molecule has 3 aromatic heterocycles. The van der Waals surface area contributed by atoms with E-state index in [9.17, 15) is 14.4 Å². The number of nitrogens with zero attached hydrogens (tertiary/aromatic N) is 6. The Morgan fingerprint density at radius 1 is 1.12 bits per heavy atom. The van der Waals surface area contributed by atoms with E-state index in [2.05, 4.69) is 25.4 Å². The lowest BCUT2D eigenvalue weighted by atomic mass is 10.1. The lowest BCUT2D eigenvalue weighted by Gasteiger charge is -2.26. The van der Waals surface area contributed by atoms with Crippen LogP contribution in [0.25, 0.3) is 22.2 Å². The molecule has 1 aliphatic heterocycles. The van der Waals surface area contributed by atoms with Crippen LogP contribution in [-0.4, -0.2) is 66.4 Å². The molecule has 2 aliphatic rings. The molecule has 0 aromatic carbocycles. The highest BCUT2D eigenvalue weighted by Crippen LogP contribution is 2.48. The van der Waals surface area contributed by atoms with Gasteiger partial charge in [-0.05, 0) is 31.7 Å². The van der Waals surface area contributed by atoms with Crippen LogP contribution in [0.5, 0.6) is 0 Å². The first-order valence-electron chi connectivity index (χ1n) is 10.6. The Hall–Kier alpha value is -3.69.